The number of carbonyl (C=O) groups excluding carboxylic acids is 2. The molecule has 0 atom stereocenters. The Labute approximate surface area is 221 Å². The Hall–Kier alpha value is -5.12. The molecule has 5 rings (SSSR count). The number of thiocarbonyl (C=S) groups is 2. The highest BCUT2D eigenvalue weighted by atomic mass is 32.1. The zero-order valence-electron chi connectivity index (χ0n) is 18.8. The van der Waals surface area contributed by atoms with E-state index in [1.54, 1.807) is 0 Å². The minimum atomic E-state index is -0.690. The molecule has 12 heteroatoms. The van der Waals surface area contributed by atoms with E-state index in [1.807, 2.05) is 10.3 Å². The van der Waals surface area contributed by atoms with E-state index in [0.29, 0.717) is 0 Å². The lowest BCUT2D eigenvalue weighted by Gasteiger charge is -2.01. The maximum Gasteiger partial charge on any atom is 0.285 e. The molecule has 0 aliphatic heterocycles. The van der Waals surface area contributed by atoms with Crippen molar-refractivity contribution in [1.82, 2.24) is 9.13 Å². The second-order valence-corrected chi connectivity index (χ2v) is 8.31. The minimum Gasteiger partial charge on any atom is -0.268 e. The third kappa shape index (κ3) is 3.83. The highest BCUT2D eigenvalue weighted by Gasteiger charge is 2.21. The van der Waals surface area contributed by atoms with Gasteiger partial charge in [0.05, 0.1) is 43.2 Å². The lowest BCUT2D eigenvalue weighted by molar-refractivity contribution is 0.0995. The van der Waals surface area contributed by atoms with Crippen LogP contribution < -0.4 is 22.2 Å². The predicted molar refractivity (Wildman–Crippen MR) is 146 cm³/mol. The molecule has 2 heterocycles. The summed E-state index contributed by atoms with van der Waals surface area (Å²) in [6.07, 6.45) is 0. The summed E-state index contributed by atoms with van der Waals surface area (Å²) >= 11 is 8.83. The van der Waals surface area contributed by atoms with Gasteiger partial charge in [-0.1, -0.05) is 0 Å². The van der Waals surface area contributed by atoms with E-state index in [4.69, 9.17) is 0 Å². The lowest BCUT2D eigenvalue weighted by Crippen LogP contribution is -2.24. The quantitative estimate of drug-likeness (QED) is 0.251. The summed E-state index contributed by atoms with van der Waals surface area (Å²) in [6.45, 7) is 0. The number of nitrogens with zero attached hydrogens (tertiary/aromatic N) is 4. The zero-order chi connectivity index (χ0) is 27.1. The molecule has 0 N–H and O–H groups in total. The van der Waals surface area contributed by atoms with E-state index in [-0.39, 0.29) is 44.0 Å². The highest BCUT2D eigenvalue weighted by Crippen LogP contribution is 2.18. The van der Waals surface area contributed by atoms with Crippen molar-refractivity contribution in [3.63, 3.8) is 0 Å². The smallest absolute Gasteiger partial charge is 0.268 e. The Morgan fingerprint density at radius 3 is 1.11 bits per heavy atom. The number of benzene rings is 3. The van der Waals surface area contributed by atoms with Gasteiger partial charge in [0.25, 0.3) is 34.1 Å². The number of hydrogen-bond donors (Lipinski definition) is 0. The molecule has 0 radical (unpaired) electrons. The van der Waals surface area contributed by atoms with Crippen molar-refractivity contribution in [3.05, 3.63) is 113 Å². The molecule has 0 saturated heterocycles. The van der Waals surface area contributed by atoms with E-state index in [9.17, 15) is 28.8 Å². The Morgan fingerprint density at radius 2 is 0.842 bits per heavy atom. The summed E-state index contributed by atoms with van der Waals surface area (Å²) < 4.78 is 1.78. The first-order chi connectivity index (χ1) is 18.3. The molecule has 0 fully saturated rings. The van der Waals surface area contributed by atoms with Gasteiger partial charge in [-0.25, -0.2) is 9.13 Å². The van der Waals surface area contributed by atoms with E-state index in [0.717, 1.165) is 9.13 Å². The number of aliphatic imine (C=N–C) groups is 2. The monoisotopic (exact) mass is 538 g/mol. The molecule has 0 bridgehead atoms. The molecule has 0 saturated carbocycles. The van der Waals surface area contributed by atoms with Crippen molar-refractivity contribution in [2.45, 2.75) is 0 Å². The van der Waals surface area contributed by atoms with Gasteiger partial charge in [-0.15, -0.1) is 0 Å². The van der Waals surface area contributed by atoms with Crippen LogP contribution in [0.3, 0.4) is 0 Å². The Balaban J connectivity index is 1.65. The lowest BCUT2D eigenvalue weighted by atomic mass is 10.1. The molecule has 0 aliphatic carbocycles. The summed E-state index contributed by atoms with van der Waals surface area (Å²) in [4.78, 5) is 83.0. The van der Waals surface area contributed by atoms with E-state index < -0.39 is 34.1 Å². The molecule has 3 aromatic carbocycles. The Kier molecular flexibility index (Phi) is 6.08. The fraction of sp³-hybridized carbons (Fsp3) is 0. The number of hydrogen-bond acceptors (Lipinski definition) is 8. The number of fused-ring (bicyclic) bond motifs is 2. The second kappa shape index (κ2) is 9.40. The van der Waals surface area contributed by atoms with Gasteiger partial charge >= 0.3 is 0 Å². The topological polar surface area (TPSA) is 137 Å². The van der Waals surface area contributed by atoms with Gasteiger partial charge in [0, 0.05) is 11.1 Å². The van der Waals surface area contributed by atoms with Gasteiger partial charge in [-0.3, -0.25) is 28.8 Å². The van der Waals surface area contributed by atoms with Crippen LogP contribution in [0.15, 0.2) is 89.8 Å². The second-order valence-electron chi connectivity index (χ2n) is 7.95. The van der Waals surface area contributed by atoms with Crippen molar-refractivity contribution in [3.8, 4) is 11.4 Å². The predicted octanol–water partition coefficient (Wildman–Crippen LogP) is 2.38. The van der Waals surface area contributed by atoms with Crippen LogP contribution in [0.5, 0.6) is 0 Å². The van der Waals surface area contributed by atoms with Gasteiger partial charge in [-0.05, 0) is 85.1 Å². The van der Waals surface area contributed by atoms with Gasteiger partial charge in [-0.2, -0.15) is 9.98 Å². The summed E-state index contributed by atoms with van der Waals surface area (Å²) in [7, 11) is 0. The molecular formula is C26H10N4O6S2. The van der Waals surface area contributed by atoms with E-state index in [1.165, 1.54) is 60.7 Å². The summed E-state index contributed by atoms with van der Waals surface area (Å²) in [5.41, 5.74) is -2.02. The van der Waals surface area contributed by atoms with Crippen molar-refractivity contribution in [2.75, 3.05) is 0 Å². The molecule has 38 heavy (non-hydrogen) atoms. The summed E-state index contributed by atoms with van der Waals surface area (Å²) in [6, 6.07) is 13.5. The number of aromatic nitrogens is 2. The summed E-state index contributed by atoms with van der Waals surface area (Å²) in [5, 5.41) is 3.79. The van der Waals surface area contributed by atoms with Crippen LogP contribution in [0.4, 0.5) is 0 Å². The van der Waals surface area contributed by atoms with E-state index >= 15 is 0 Å². The molecule has 0 unspecified atom stereocenters. The van der Waals surface area contributed by atoms with Crippen LogP contribution in [0.1, 0.15) is 20.7 Å². The third-order valence-corrected chi connectivity index (χ3v) is 6.11. The van der Waals surface area contributed by atoms with Gasteiger partial charge < -0.3 is 0 Å². The minimum absolute atomic E-state index is 0.0406. The molecule has 182 valence electrons. The molecule has 0 spiro atoms. The molecular weight excluding hydrogens is 528 g/mol. The molecule has 10 nitrogen and oxygen atoms in total. The first-order valence-electron chi connectivity index (χ1n) is 10.7. The fourth-order valence-corrected chi connectivity index (χ4v) is 4.33. The van der Waals surface area contributed by atoms with Crippen molar-refractivity contribution in [1.29, 1.82) is 0 Å². The number of carbonyl (C=O) groups is 2. The van der Waals surface area contributed by atoms with Gasteiger partial charge in [0.1, 0.15) is 0 Å². The SMILES string of the molecule is O=C(N=C=S)c1ccc(-n2c(=O)c3cc4c(=O)n(-c5ccc(C(=O)N=C=S)cc5)c(=O)c4cc3c2=O)cc1. The zero-order valence-corrected chi connectivity index (χ0v) is 20.5. The highest BCUT2D eigenvalue weighted by molar-refractivity contribution is 7.78. The normalized spacial score (nSPS) is 10.7. The first-order valence-corrected chi connectivity index (χ1v) is 11.5. The summed E-state index contributed by atoms with van der Waals surface area (Å²) in [5.74, 6) is -1.26. The molecule has 2 amide bonds. The standard InChI is InChI=1S/C26H10N4O6S2/c31-21(27-11-37)13-1-5-15(6-2-13)29-23(33)17-9-19-20(10-18(17)24(29)34)26(36)30(25(19)35)16-7-3-14(4-8-16)22(32)28-12-38/h1-10H. The van der Waals surface area contributed by atoms with Crippen LogP contribution in [-0.4, -0.2) is 31.3 Å². The average Bonchev–Trinajstić information content (AvgIpc) is 3.31. The third-order valence-electron chi connectivity index (χ3n) is 5.93. The molecule has 2 aromatic heterocycles. The first kappa shape index (κ1) is 24.6. The molecule has 5 aromatic rings. The maximum absolute atomic E-state index is 13.2. The number of amides is 2. The largest absolute Gasteiger partial charge is 0.285 e. The molecule has 0 aliphatic rings. The van der Waals surface area contributed by atoms with Crippen molar-refractivity contribution < 1.29 is 9.59 Å². The fourth-order valence-electron chi connectivity index (χ4n) is 4.16. The number of isothiocyanates is 2. The Bertz CT molecular complexity index is 1910. The van der Waals surface area contributed by atoms with Crippen molar-refractivity contribution in [2.24, 2.45) is 9.98 Å². The van der Waals surface area contributed by atoms with Gasteiger partial charge in [0.15, 0.2) is 0 Å². The van der Waals surface area contributed by atoms with Crippen molar-refractivity contribution >= 4 is 68.1 Å². The van der Waals surface area contributed by atoms with Gasteiger partial charge in [0.2, 0.25) is 0 Å². The number of rotatable bonds is 4. The average molecular weight is 539 g/mol. The van der Waals surface area contributed by atoms with Crippen LogP contribution in [0, 0.1) is 0 Å². The van der Waals surface area contributed by atoms with Crippen LogP contribution in [0.2, 0.25) is 0 Å². The Morgan fingerprint density at radius 1 is 0.553 bits per heavy atom. The van der Waals surface area contributed by atoms with Crippen LogP contribution in [-0.2, 0) is 0 Å². The van der Waals surface area contributed by atoms with E-state index in [2.05, 4.69) is 34.4 Å². The maximum atomic E-state index is 13.2. The van der Waals surface area contributed by atoms with Crippen LogP contribution >= 0.6 is 24.4 Å². The van der Waals surface area contributed by atoms with Crippen LogP contribution in [0.25, 0.3) is 32.9 Å².